The summed E-state index contributed by atoms with van der Waals surface area (Å²) in [6.07, 6.45) is 67.2. The number of amides is 1. The van der Waals surface area contributed by atoms with Gasteiger partial charge in [-0.05, 0) is 76.7 Å². The van der Waals surface area contributed by atoms with Gasteiger partial charge in [0, 0.05) is 12.8 Å². The van der Waals surface area contributed by atoms with E-state index in [1.807, 2.05) is 33.3 Å². The van der Waals surface area contributed by atoms with Crippen molar-refractivity contribution in [3.05, 3.63) is 72.9 Å². The molecule has 424 valence electrons. The fraction of sp³-hybridized carbons (Fsp3) is 0.778. The van der Waals surface area contributed by atoms with Crippen LogP contribution in [0.1, 0.15) is 265 Å². The van der Waals surface area contributed by atoms with Gasteiger partial charge < -0.3 is 28.5 Å². The molecular formula is C63H115N2O7P. The number of carbonyl (C=O) groups is 2. The van der Waals surface area contributed by atoms with Gasteiger partial charge in [0.25, 0.3) is 7.82 Å². The number of hydrogen-bond donors (Lipinski definition) is 1. The number of phosphoric acid groups is 1. The Morgan fingerprint density at radius 1 is 0.493 bits per heavy atom. The van der Waals surface area contributed by atoms with E-state index in [4.69, 9.17) is 13.8 Å². The molecule has 0 aliphatic carbocycles. The number of nitrogens with one attached hydrogen (secondary N) is 1. The molecule has 73 heavy (non-hydrogen) atoms. The van der Waals surface area contributed by atoms with Crippen LogP contribution in [0.3, 0.4) is 0 Å². The van der Waals surface area contributed by atoms with Gasteiger partial charge in [0.1, 0.15) is 19.3 Å². The number of carbonyl (C=O) groups excluding carboxylic acids is 2. The van der Waals surface area contributed by atoms with Crippen LogP contribution in [0.2, 0.25) is 0 Å². The van der Waals surface area contributed by atoms with Crippen LogP contribution in [-0.2, 0) is 27.9 Å². The highest BCUT2D eigenvalue weighted by atomic mass is 31.2. The highest BCUT2D eigenvalue weighted by Gasteiger charge is 2.27. The summed E-state index contributed by atoms with van der Waals surface area (Å²) in [5.41, 5.74) is 0. The lowest BCUT2D eigenvalue weighted by Crippen LogP contribution is -2.47. The predicted octanol–water partition coefficient (Wildman–Crippen LogP) is 17.8. The van der Waals surface area contributed by atoms with Gasteiger partial charge in [0.2, 0.25) is 5.91 Å². The van der Waals surface area contributed by atoms with Gasteiger partial charge in [0.05, 0.1) is 33.8 Å². The van der Waals surface area contributed by atoms with Gasteiger partial charge in [-0.25, -0.2) is 0 Å². The Hall–Kier alpha value is -2.55. The quantitative estimate of drug-likeness (QED) is 0.0212. The van der Waals surface area contributed by atoms with Crippen LogP contribution in [0.15, 0.2) is 72.9 Å². The summed E-state index contributed by atoms with van der Waals surface area (Å²) in [5.74, 6) is -0.575. The summed E-state index contributed by atoms with van der Waals surface area (Å²) < 4.78 is 30.2. The van der Waals surface area contributed by atoms with E-state index in [0.29, 0.717) is 23.9 Å². The van der Waals surface area contributed by atoms with Gasteiger partial charge in [0.15, 0.2) is 0 Å². The molecule has 0 aromatic carbocycles. The lowest BCUT2D eigenvalue weighted by Gasteiger charge is -2.30. The maximum absolute atomic E-state index is 13.5. The summed E-state index contributed by atoms with van der Waals surface area (Å²) in [6, 6.07) is -0.902. The second kappa shape index (κ2) is 52.9. The number of phosphoric ester groups is 1. The Morgan fingerprint density at radius 2 is 0.877 bits per heavy atom. The first kappa shape index (κ1) is 70.5. The molecule has 0 radical (unpaired) electrons. The van der Waals surface area contributed by atoms with Crippen molar-refractivity contribution in [2.24, 2.45) is 0 Å². The van der Waals surface area contributed by atoms with Crippen molar-refractivity contribution >= 4 is 19.7 Å². The molecule has 0 heterocycles. The van der Waals surface area contributed by atoms with Crippen LogP contribution in [0.5, 0.6) is 0 Å². The lowest BCUT2D eigenvalue weighted by molar-refractivity contribution is -0.870. The summed E-state index contributed by atoms with van der Waals surface area (Å²) in [4.78, 5) is 39.9. The molecule has 3 unspecified atom stereocenters. The van der Waals surface area contributed by atoms with Crippen LogP contribution in [0, 0.1) is 0 Å². The van der Waals surface area contributed by atoms with Crippen LogP contribution in [0.4, 0.5) is 0 Å². The average molecular weight is 1040 g/mol. The van der Waals surface area contributed by atoms with Gasteiger partial charge in [-0.15, -0.1) is 0 Å². The van der Waals surface area contributed by atoms with Crippen LogP contribution < -0.4 is 10.2 Å². The van der Waals surface area contributed by atoms with Crippen molar-refractivity contribution in [1.82, 2.24) is 5.32 Å². The molecular weight excluding hydrogens is 928 g/mol. The molecule has 9 nitrogen and oxygen atoms in total. The molecule has 0 aromatic rings. The molecule has 0 saturated heterocycles. The van der Waals surface area contributed by atoms with E-state index in [0.717, 1.165) is 89.9 Å². The number of quaternary nitrogens is 1. The Labute approximate surface area is 451 Å². The van der Waals surface area contributed by atoms with Crippen molar-refractivity contribution in [2.75, 3.05) is 40.9 Å². The number of hydrogen-bond acceptors (Lipinski definition) is 7. The number of rotatable bonds is 54. The molecule has 0 spiro atoms. The number of unbranched alkanes of at least 4 members (excludes halogenated alkanes) is 28. The SMILES string of the molecule is CC/C=C\C/C=C\C/C=C\C/C=C\C/C=C\CCCCCC(=O)OC(/C=C/CCCCCCCCCCC)C(COP(=O)([O-])OCC[N+](C)(C)C)NC(=O)CCCCCCCCCCCCCCCCCCC. The molecule has 0 bridgehead atoms. The Balaban J connectivity index is 5.30. The molecule has 0 fully saturated rings. The van der Waals surface area contributed by atoms with E-state index < -0.39 is 26.6 Å². The largest absolute Gasteiger partial charge is 0.756 e. The summed E-state index contributed by atoms with van der Waals surface area (Å²) in [5, 5.41) is 3.02. The van der Waals surface area contributed by atoms with Crippen molar-refractivity contribution in [3.63, 3.8) is 0 Å². The zero-order valence-corrected chi connectivity index (χ0v) is 49.2. The fourth-order valence-electron chi connectivity index (χ4n) is 8.49. The highest BCUT2D eigenvalue weighted by Crippen LogP contribution is 2.38. The van der Waals surface area contributed by atoms with Crippen molar-refractivity contribution < 1.29 is 37.3 Å². The topological polar surface area (TPSA) is 114 Å². The van der Waals surface area contributed by atoms with Crippen molar-refractivity contribution in [1.29, 1.82) is 0 Å². The number of likely N-dealkylation sites (N-methyl/N-ethyl adjacent to an activating group) is 1. The standard InChI is InChI=1S/C63H115N2O7P/c1-7-10-13-16-19-22-25-27-29-31-32-34-36-38-41-44-47-50-53-56-63(67)72-61(54-51-48-45-42-39-24-21-18-15-12-9-3)60(59-71-73(68,69)70-58-57-65(4,5)6)64-62(66)55-52-49-46-43-40-37-35-33-30-28-26-23-20-17-14-11-8-2/h10,13,19,22,27,29,32,34,38,41,51,54,60-61H,7-9,11-12,14-18,20-21,23-26,28,30-31,33,35-37,39-40,42-50,52-53,55-59H2,1-6H3,(H-,64,66,68,69)/b13-10-,22-19-,29-27-,34-32-,41-38-,54-51+. The minimum absolute atomic E-state index is 0.0290. The van der Waals surface area contributed by atoms with Crippen molar-refractivity contribution in [3.8, 4) is 0 Å². The summed E-state index contributed by atoms with van der Waals surface area (Å²) in [7, 11) is 1.16. The summed E-state index contributed by atoms with van der Waals surface area (Å²) in [6.45, 7) is 6.71. The smallest absolute Gasteiger partial charge is 0.306 e. The third kappa shape index (κ3) is 54.1. The lowest BCUT2D eigenvalue weighted by atomic mass is 10.0. The highest BCUT2D eigenvalue weighted by molar-refractivity contribution is 7.45. The Kier molecular flexibility index (Phi) is 51.0. The van der Waals surface area contributed by atoms with E-state index in [-0.39, 0.29) is 24.9 Å². The third-order valence-electron chi connectivity index (χ3n) is 13.2. The minimum Gasteiger partial charge on any atom is -0.756 e. The van der Waals surface area contributed by atoms with E-state index in [1.54, 1.807) is 0 Å². The van der Waals surface area contributed by atoms with Crippen LogP contribution >= 0.6 is 7.82 Å². The second-order valence-electron chi connectivity index (χ2n) is 21.5. The maximum Gasteiger partial charge on any atom is 0.306 e. The number of nitrogens with zero attached hydrogens (tertiary/aromatic N) is 1. The van der Waals surface area contributed by atoms with Crippen LogP contribution in [0.25, 0.3) is 0 Å². The maximum atomic E-state index is 13.5. The average Bonchev–Trinajstić information content (AvgIpc) is 3.35. The van der Waals surface area contributed by atoms with Gasteiger partial charge in [-0.3, -0.25) is 14.2 Å². The monoisotopic (exact) mass is 1040 g/mol. The van der Waals surface area contributed by atoms with Crippen molar-refractivity contribution in [2.45, 2.75) is 277 Å². The molecule has 1 amide bonds. The number of esters is 1. The molecule has 1 N–H and O–H groups in total. The Morgan fingerprint density at radius 3 is 1.33 bits per heavy atom. The zero-order chi connectivity index (χ0) is 53.6. The molecule has 0 rings (SSSR count). The normalized spacial score (nSPS) is 14.2. The third-order valence-corrected chi connectivity index (χ3v) is 14.1. The van der Waals surface area contributed by atoms with Gasteiger partial charge >= 0.3 is 5.97 Å². The van der Waals surface area contributed by atoms with E-state index in [9.17, 15) is 19.0 Å². The molecule has 0 aliphatic heterocycles. The molecule has 10 heteroatoms. The summed E-state index contributed by atoms with van der Waals surface area (Å²) >= 11 is 0. The fourth-order valence-corrected chi connectivity index (χ4v) is 9.21. The van der Waals surface area contributed by atoms with Gasteiger partial charge in [-0.2, -0.15) is 0 Å². The number of ether oxygens (including phenoxy) is 1. The molecule has 0 aliphatic rings. The Bertz CT molecular complexity index is 1480. The van der Waals surface area contributed by atoms with E-state index in [2.05, 4.69) is 86.8 Å². The molecule has 3 atom stereocenters. The van der Waals surface area contributed by atoms with Crippen LogP contribution in [-0.4, -0.2) is 69.4 Å². The first-order valence-electron chi connectivity index (χ1n) is 30.2. The number of allylic oxidation sites excluding steroid dienone is 11. The minimum atomic E-state index is -4.70. The van der Waals surface area contributed by atoms with Gasteiger partial charge in [-0.1, -0.05) is 248 Å². The zero-order valence-electron chi connectivity index (χ0n) is 48.3. The molecule has 0 saturated carbocycles. The van der Waals surface area contributed by atoms with E-state index >= 15 is 0 Å². The van der Waals surface area contributed by atoms with E-state index in [1.165, 1.54) is 135 Å². The first-order chi connectivity index (χ1) is 35.4. The molecule has 0 aromatic heterocycles. The first-order valence-corrected chi connectivity index (χ1v) is 31.7. The predicted molar refractivity (Wildman–Crippen MR) is 312 cm³/mol. The second-order valence-corrected chi connectivity index (χ2v) is 22.9.